The lowest BCUT2D eigenvalue weighted by molar-refractivity contribution is -0.123. The number of benzene rings is 1. The summed E-state index contributed by atoms with van der Waals surface area (Å²) in [7, 11) is 0. The molecule has 5 nitrogen and oxygen atoms in total. The first-order valence-corrected chi connectivity index (χ1v) is 8.58. The van der Waals surface area contributed by atoms with E-state index in [1.165, 1.54) is 17.5 Å². The number of fused-ring (bicyclic) bond motifs is 1. The first-order chi connectivity index (χ1) is 11.5. The van der Waals surface area contributed by atoms with Crippen LogP contribution in [0.25, 0.3) is 0 Å². The molecule has 1 aromatic rings. The Kier molecular flexibility index (Phi) is 6.36. The van der Waals surface area contributed by atoms with Crippen molar-refractivity contribution in [2.75, 3.05) is 6.54 Å². The van der Waals surface area contributed by atoms with Crippen molar-refractivity contribution in [3.8, 4) is 6.07 Å². The molecule has 2 N–H and O–H groups in total. The van der Waals surface area contributed by atoms with Gasteiger partial charge in [-0.25, -0.2) is 0 Å². The lowest BCUT2D eigenvalue weighted by Crippen LogP contribution is -2.47. The molecule has 0 spiro atoms. The number of amides is 2. The van der Waals surface area contributed by atoms with Crippen LogP contribution in [0.5, 0.6) is 0 Å². The first kappa shape index (κ1) is 18.0. The van der Waals surface area contributed by atoms with E-state index in [0.29, 0.717) is 12.0 Å². The van der Waals surface area contributed by atoms with E-state index >= 15 is 0 Å². The molecular weight excluding hydrogens is 302 g/mol. The first-order valence-electron chi connectivity index (χ1n) is 8.58. The molecule has 0 aliphatic heterocycles. The van der Waals surface area contributed by atoms with Crippen molar-refractivity contribution in [2.24, 2.45) is 5.92 Å². The van der Waals surface area contributed by atoms with Crippen LogP contribution in [0.3, 0.4) is 0 Å². The topological polar surface area (TPSA) is 82.0 Å². The molecular formula is C19H25N3O2. The molecule has 0 saturated heterocycles. The average Bonchev–Trinajstić information content (AvgIpc) is 2.58. The van der Waals surface area contributed by atoms with Gasteiger partial charge in [0.15, 0.2) is 0 Å². The molecule has 2 amide bonds. The third-order valence-electron chi connectivity index (χ3n) is 4.28. The van der Waals surface area contributed by atoms with Gasteiger partial charge < -0.3 is 10.6 Å². The predicted octanol–water partition coefficient (Wildman–Crippen LogP) is 2.35. The maximum Gasteiger partial charge on any atom is 0.251 e. The highest BCUT2D eigenvalue weighted by molar-refractivity contribution is 5.97. The Bertz CT molecular complexity index is 647. The maximum atomic E-state index is 12.5. The zero-order chi connectivity index (χ0) is 17.5. The highest BCUT2D eigenvalue weighted by atomic mass is 16.2. The lowest BCUT2D eigenvalue weighted by atomic mass is 9.90. The summed E-state index contributed by atoms with van der Waals surface area (Å²) < 4.78 is 0. The summed E-state index contributed by atoms with van der Waals surface area (Å²) in [6.07, 6.45) is 4.98. The number of aryl methyl sites for hydroxylation is 2. The number of nitrogens with one attached hydrogen (secondary N) is 2. The molecule has 24 heavy (non-hydrogen) atoms. The second-order valence-corrected chi connectivity index (χ2v) is 6.72. The molecule has 1 aliphatic rings. The number of hydrogen-bond acceptors (Lipinski definition) is 3. The van der Waals surface area contributed by atoms with Crippen molar-refractivity contribution in [3.63, 3.8) is 0 Å². The molecule has 0 bridgehead atoms. The van der Waals surface area contributed by atoms with Crippen molar-refractivity contribution in [3.05, 3.63) is 34.9 Å². The summed E-state index contributed by atoms with van der Waals surface area (Å²) in [4.78, 5) is 24.7. The quantitative estimate of drug-likeness (QED) is 0.787. The number of carbonyl (C=O) groups excluding carboxylic acids is 2. The van der Waals surface area contributed by atoms with Crippen LogP contribution >= 0.6 is 0 Å². The fourth-order valence-electron chi connectivity index (χ4n) is 3.07. The Morgan fingerprint density at radius 1 is 1.21 bits per heavy atom. The van der Waals surface area contributed by atoms with Crippen LogP contribution in [0.4, 0.5) is 0 Å². The minimum absolute atomic E-state index is 0.0534. The van der Waals surface area contributed by atoms with Gasteiger partial charge in [0.05, 0.1) is 6.07 Å². The number of hydrogen-bond donors (Lipinski definition) is 2. The normalized spacial score (nSPS) is 14.4. The summed E-state index contributed by atoms with van der Waals surface area (Å²) in [6, 6.07) is 7.06. The van der Waals surface area contributed by atoms with E-state index in [4.69, 9.17) is 5.26 Å². The van der Waals surface area contributed by atoms with Gasteiger partial charge in [0.1, 0.15) is 12.6 Å². The predicted molar refractivity (Wildman–Crippen MR) is 92.4 cm³/mol. The van der Waals surface area contributed by atoms with Crippen molar-refractivity contribution in [2.45, 2.75) is 52.0 Å². The van der Waals surface area contributed by atoms with E-state index in [1.807, 2.05) is 38.1 Å². The Balaban J connectivity index is 2.09. The summed E-state index contributed by atoms with van der Waals surface area (Å²) in [6.45, 7) is 3.94. The molecule has 0 radical (unpaired) electrons. The zero-order valence-corrected chi connectivity index (χ0v) is 14.4. The van der Waals surface area contributed by atoms with E-state index < -0.39 is 6.04 Å². The Morgan fingerprint density at radius 2 is 1.92 bits per heavy atom. The summed E-state index contributed by atoms with van der Waals surface area (Å²) >= 11 is 0. The molecule has 0 unspecified atom stereocenters. The number of nitriles is 1. The number of nitrogens with zero attached hydrogens (tertiary/aromatic N) is 1. The van der Waals surface area contributed by atoms with Crippen LogP contribution in [-0.2, 0) is 17.6 Å². The summed E-state index contributed by atoms with van der Waals surface area (Å²) in [5, 5.41) is 13.9. The molecule has 0 aromatic heterocycles. The van der Waals surface area contributed by atoms with Crippen molar-refractivity contribution in [1.82, 2.24) is 10.6 Å². The van der Waals surface area contributed by atoms with Crippen LogP contribution in [0.15, 0.2) is 18.2 Å². The van der Waals surface area contributed by atoms with Gasteiger partial charge in [-0.05, 0) is 61.3 Å². The van der Waals surface area contributed by atoms with Crippen molar-refractivity contribution in [1.29, 1.82) is 5.26 Å². The largest absolute Gasteiger partial charge is 0.341 e. The number of carbonyl (C=O) groups is 2. The van der Waals surface area contributed by atoms with Gasteiger partial charge in [0.2, 0.25) is 5.91 Å². The highest BCUT2D eigenvalue weighted by Gasteiger charge is 2.23. The van der Waals surface area contributed by atoms with E-state index in [2.05, 4.69) is 10.6 Å². The summed E-state index contributed by atoms with van der Waals surface area (Å²) in [5.74, 6) is -0.288. The zero-order valence-electron chi connectivity index (χ0n) is 14.4. The third-order valence-corrected chi connectivity index (χ3v) is 4.28. The molecule has 0 fully saturated rings. The van der Waals surface area contributed by atoms with E-state index in [0.717, 1.165) is 19.3 Å². The molecule has 0 saturated carbocycles. The third kappa shape index (κ3) is 4.82. The van der Waals surface area contributed by atoms with Crippen LogP contribution in [0.1, 0.15) is 54.6 Å². The average molecular weight is 327 g/mol. The molecule has 5 heteroatoms. The van der Waals surface area contributed by atoms with Crippen LogP contribution in [-0.4, -0.2) is 24.4 Å². The SMILES string of the molecule is CC(C)C[C@H](NC(=O)c1ccc2c(c1)CCCC2)C(=O)NCC#N. The van der Waals surface area contributed by atoms with Crippen LogP contribution in [0, 0.1) is 17.2 Å². The lowest BCUT2D eigenvalue weighted by Gasteiger charge is -2.21. The monoisotopic (exact) mass is 327 g/mol. The molecule has 1 atom stereocenters. The van der Waals surface area contributed by atoms with Gasteiger partial charge in [0.25, 0.3) is 5.91 Å². The molecule has 2 rings (SSSR count). The molecule has 1 aliphatic carbocycles. The van der Waals surface area contributed by atoms with Gasteiger partial charge >= 0.3 is 0 Å². The fourth-order valence-corrected chi connectivity index (χ4v) is 3.07. The van der Waals surface area contributed by atoms with Gasteiger partial charge in [-0.3, -0.25) is 9.59 Å². The van der Waals surface area contributed by atoms with Crippen molar-refractivity contribution >= 4 is 11.8 Å². The van der Waals surface area contributed by atoms with E-state index in [-0.39, 0.29) is 24.3 Å². The van der Waals surface area contributed by atoms with Gasteiger partial charge in [-0.1, -0.05) is 19.9 Å². The van der Waals surface area contributed by atoms with Crippen LogP contribution < -0.4 is 10.6 Å². The Morgan fingerprint density at radius 3 is 2.58 bits per heavy atom. The molecule has 0 heterocycles. The molecule has 128 valence electrons. The summed E-state index contributed by atoms with van der Waals surface area (Å²) in [5.41, 5.74) is 3.16. The van der Waals surface area contributed by atoms with Crippen LogP contribution in [0.2, 0.25) is 0 Å². The Labute approximate surface area is 143 Å². The van der Waals surface area contributed by atoms with Gasteiger partial charge in [-0.2, -0.15) is 5.26 Å². The van der Waals surface area contributed by atoms with E-state index in [9.17, 15) is 9.59 Å². The van der Waals surface area contributed by atoms with Crippen molar-refractivity contribution < 1.29 is 9.59 Å². The minimum Gasteiger partial charge on any atom is -0.341 e. The maximum absolute atomic E-state index is 12.5. The van der Waals surface area contributed by atoms with E-state index in [1.54, 1.807) is 0 Å². The minimum atomic E-state index is -0.623. The fraction of sp³-hybridized carbons (Fsp3) is 0.526. The van der Waals surface area contributed by atoms with Gasteiger partial charge in [-0.15, -0.1) is 0 Å². The number of rotatable bonds is 6. The Hall–Kier alpha value is -2.35. The molecule has 1 aromatic carbocycles. The second kappa shape index (κ2) is 8.49. The smallest absolute Gasteiger partial charge is 0.251 e. The standard InChI is InChI=1S/C19H25N3O2/c1-13(2)11-17(19(24)21-10-9-20)22-18(23)16-8-7-14-5-3-4-6-15(14)12-16/h7-8,12-13,17H,3-6,10-11H2,1-2H3,(H,21,24)(H,22,23)/t17-/m0/s1. The highest BCUT2D eigenvalue weighted by Crippen LogP contribution is 2.22. The van der Waals surface area contributed by atoms with Gasteiger partial charge in [0, 0.05) is 5.56 Å². The second-order valence-electron chi connectivity index (χ2n) is 6.72.